The average Bonchev–Trinajstić information content (AvgIpc) is 3.42. The molecule has 0 aromatic heterocycles. The van der Waals surface area contributed by atoms with E-state index in [4.69, 9.17) is 9.47 Å². The zero-order valence-electron chi connectivity index (χ0n) is 15.5. The van der Waals surface area contributed by atoms with Crippen molar-refractivity contribution in [2.24, 2.45) is 5.92 Å². The molecule has 0 radical (unpaired) electrons. The first-order chi connectivity index (χ1) is 12.0. The first-order valence-corrected chi connectivity index (χ1v) is 9.08. The van der Waals surface area contributed by atoms with Crippen molar-refractivity contribution in [3.05, 3.63) is 23.8 Å². The number of benzene rings is 1. The van der Waals surface area contributed by atoms with Gasteiger partial charge in [0.25, 0.3) is 0 Å². The van der Waals surface area contributed by atoms with E-state index >= 15 is 0 Å². The van der Waals surface area contributed by atoms with E-state index in [1.54, 1.807) is 0 Å². The van der Waals surface area contributed by atoms with Crippen LogP contribution in [0.1, 0.15) is 18.4 Å². The molecular weight excluding hydrogens is 318 g/mol. The zero-order valence-corrected chi connectivity index (χ0v) is 15.5. The van der Waals surface area contributed by atoms with Gasteiger partial charge in [-0.15, -0.1) is 0 Å². The molecule has 1 saturated carbocycles. The number of amides is 2. The highest BCUT2D eigenvalue weighted by Gasteiger charge is 2.39. The lowest BCUT2D eigenvalue weighted by molar-refractivity contribution is 0.00771. The number of nitrogens with zero attached hydrogens (tertiary/aromatic N) is 2. The first-order valence-electron chi connectivity index (χ1n) is 9.08. The highest BCUT2D eigenvalue weighted by molar-refractivity contribution is 5.91. The van der Waals surface area contributed by atoms with E-state index in [1.165, 1.54) is 12.8 Å². The lowest BCUT2D eigenvalue weighted by Crippen LogP contribution is -2.51. The van der Waals surface area contributed by atoms with Gasteiger partial charge in [0, 0.05) is 13.1 Å². The molecule has 0 unspecified atom stereocenters. The van der Waals surface area contributed by atoms with Crippen molar-refractivity contribution in [3.8, 4) is 5.75 Å². The Morgan fingerprint density at radius 1 is 1.40 bits per heavy atom. The number of urea groups is 1. The van der Waals surface area contributed by atoms with Gasteiger partial charge in [-0.25, -0.2) is 4.79 Å². The van der Waals surface area contributed by atoms with E-state index in [1.807, 2.05) is 44.1 Å². The molecule has 0 bridgehead atoms. The van der Waals surface area contributed by atoms with Gasteiger partial charge in [-0.2, -0.15) is 0 Å². The number of likely N-dealkylation sites (N-methyl/N-ethyl adjacent to an activating group) is 1. The largest absolute Gasteiger partial charge is 0.490 e. The molecule has 6 heteroatoms. The molecule has 3 rings (SSSR count). The summed E-state index contributed by atoms with van der Waals surface area (Å²) < 4.78 is 11.5. The lowest BCUT2D eigenvalue weighted by Gasteiger charge is -2.35. The van der Waals surface area contributed by atoms with Crippen LogP contribution in [0.3, 0.4) is 0 Å². The summed E-state index contributed by atoms with van der Waals surface area (Å²) in [5, 5.41) is 3.05. The molecule has 25 heavy (non-hydrogen) atoms. The minimum atomic E-state index is -0.0542. The molecule has 2 aliphatic rings. The maximum atomic E-state index is 12.8. The topological polar surface area (TPSA) is 54.0 Å². The molecule has 1 N–H and O–H groups in total. The van der Waals surface area contributed by atoms with Crippen LogP contribution in [-0.2, 0) is 4.74 Å². The second-order valence-electron chi connectivity index (χ2n) is 7.25. The van der Waals surface area contributed by atoms with Crippen LogP contribution < -0.4 is 10.1 Å². The molecule has 1 aliphatic carbocycles. The summed E-state index contributed by atoms with van der Waals surface area (Å²) in [5.74, 6) is 1.33. The Balaban J connectivity index is 1.67. The minimum Gasteiger partial charge on any atom is -0.490 e. The van der Waals surface area contributed by atoms with Crippen molar-refractivity contribution in [1.29, 1.82) is 0 Å². The number of aryl methyl sites for hydroxylation is 1. The maximum absolute atomic E-state index is 12.8. The zero-order chi connectivity index (χ0) is 17.8. The standard InChI is InChI=1S/C19H29N3O3/c1-14-4-7-16(18(12-14)25-11-8-21(2)3)20-19(23)22-9-10-24-13-17(22)15-5-6-15/h4,7,12,15,17H,5-6,8-11,13H2,1-3H3,(H,20,23)/t17-/m1/s1. The second kappa shape index (κ2) is 8.06. The van der Waals surface area contributed by atoms with Gasteiger partial charge in [0.05, 0.1) is 24.9 Å². The number of hydrogen-bond donors (Lipinski definition) is 1. The molecule has 138 valence electrons. The number of morpholine rings is 1. The SMILES string of the molecule is Cc1ccc(NC(=O)N2CCOC[C@@H]2C2CC2)c(OCCN(C)C)c1. The van der Waals surface area contributed by atoms with Crippen LogP contribution in [0.5, 0.6) is 5.75 Å². The van der Waals surface area contributed by atoms with Crippen LogP contribution in [0, 0.1) is 12.8 Å². The molecule has 2 fully saturated rings. The summed E-state index contributed by atoms with van der Waals surface area (Å²) in [6, 6.07) is 6.04. The Kier molecular flexibility index (Phi) is 5.81. The number of carbonyl (C=O) groups excluding carboxylic acids is 1. The molecule has 1 aromatic carbocycles. The third kappa shape index (κ3) is 4.86. The fourth-order valence-electron chi connectivity index (χ4n) is 3.12. The molecule has 1 aliphatic heterocycles. The Bertz CT molecular complexity index is 602. The monoisotopic (exact) mass is 347 g/mol. The quantitative estimate of drug-likeness (QED) is 0.859. The van der Waals surface area contributed by atoms with E-state index in [0.717, 1.165) is 23.5 Å². The lowest BCUT2D eigenvalue weighted by atomic mass is 10.1. The summed E-state index contributed by atoms with van der Waals surface area (Å²) in [6.07, 6.45) is 2.39. The van der Waals surface area contributed by atoms with E-state index in [2.05, 4.69) is 10.2 Å². The normalized spacial score (nSPS) is 20.6. The summed E-state index contributed by atoms with van der Waals surface area (Å²) in [4.78, 5) is 16.8. The number of nitrogens with one attached hydrogen (secondary N) is 1. The van der Waals surface area contributed by atoms with Crippen molar-refractivity contribution in [2.75, 3.05) is 52.3 Å². The van der Waals surface area contributed by atoms with Gasteiger partial charge < -0.3 is 24.6 Å². The highest BCUT2D eigenvalue weighted by atomic mass is 16.5. The van der Waals surface area contributed by atoms with Gasteiger partial charge in [-0.3, -0.25) is 0 Å². The Labute approximate surface area is 150 Å². The highest BCUT2D eigenvalue weighted by Crippen LogP contribution is 2.37. The maximum Gasteiger partial charge on any atom is 0.322 e. The summed E-state index contributed by atoms with van der Waals surface area (Å²) in [7, 11) is 4.03. The van der Waals surface area contributed by atoms with Gasteiger partial charge >= 0.3 is 6.03 Å². The average molecular weight is 347 g/mol. The Morgan fingerprint density at radius 2 is 2.20 bits per heavy atom. The number of hydrogen-bond acceptors (Lipinski definition) is 4. The number of ether oxygens (including phenoxy) is 2. The molecule has 1 atom stereocenters. The number of carbonyl (C=O) groups is 1. The third-order valence-electron chi connectivity index (χ3n) is 4.77. The first kappa shape index (κ1) is 18.0. The summed E-state index contributed by atoms with van der Waals surface area (Å²) >= 11 is 0. The van der Waals surface area contributed by atoms with Crippen molar-refractivity contribution in [3.63, 3.8) is 0 Å². The van der Waals surface area contributed by atoms with E-state index in [-0.39, 0.29) is 12.1 Å². The predicted molar refractivity (Wildman–Crippen MR) is 98.3 cm³/mol. The molecular formula is C19H29N3O3. The molecule has 1 heterocycles. The van der Waals surface area contributed by atoms with Crippen molar-refractivity contribution < 1.29 is 14.3 Å². The fraction of sp³-hybridized carbons (Fsp3) is 0.632. The molecule has 0 spiro atoms. The minimum absolute atomic E-state index is 0.0542. The molecule has 1 saturated heterocycles. The van der Waals surface area contributed by atoms with Crippen LogP contribution >= 0.6 is 0 Å². The summed E-state index contributed by atoms with van der Waals surface area (Å²) in [5.41, 5.74) is 1.84. The van der Waals surface area contributed by atoms with Crippen LogP contribution in [0.15, 0.2) is 18.2 Å². The molecule has 6 nitrogen and oxygen atoms in total. The van der Waals surface area contributed by atoms with Gasteiger partial charge in [-0.1, -0.05) is 6.07 Å². The van der Waals surface area contributed by atoms with Gasteiger partial charge in [0.2, 0.25) is 0 Å². The van der Waals surface area contributed by atoms with Crippen LogP contribution in [0.25, 0.3) is 0 Å². The van der Waals surface area contributed by atoms with Crippen molar-refractivity contribution in [1.82, 2.24) is 9.80 Å². The van der Waals surface area contributed by atoms with Crippen LogP contribution in [0.2, 0.25) is 0 Å². The third-order valence-corrected chi connectivity index (χ3v) is 4.77. The number of anilines is 1. The van der Waals surface area contributed by atoms with E-state index < -0.39 is 0 Å². The number of rotatable bonds is 6. The van der Waals surface area contributed by atoms with Gasteiger partial charge in [0.15, 0.2) is 0 Å². The predicted octanol–water partition coefficient (Wildman–Crippen LogP) is 2.58. The second-order valence-corrected chi connectivity index (χ2v) is 7.25. The summed E-state index contributed by atoms with van der Waals surface area (Å²) in [6.45, 7) is 5.34. The van der Waals surface area contributed by atoms with Gasteiger partial charge in [0.1, 0.15) is 12.4 Å². The smallest absolute Gasteiger partial charge is 0.322 e. The van der Waals surface area contributed by atoms with Crippen LogP contribution in [-0.4, -0.2) is 68.9 Å². The Morgan fingerprint density at radius 3 is 2.92 bits per heavy atom. The van der Waals surface area contributed by atoms with Gasteiger partial charge in [-0.05, 0) is 57.5 Å². The van der Waals surface area contributed by atoms with Crippen LogP contribution in [0.4, 0.5) is 10.5 Å². The van der Waals surface area contributed by atoms with E-state index in [9.17, 15) is 4.79 Å². The van der Waals surface area contributed by atoms with E-state index in [0.29, 0.717) is 32.3 Å². The molecule has 1 aromatic rings. The fourth-order valence-corrected chi connectivity index (χ4v) is 3.12. The van der Waals surface area contributed by atoms with Crippen molar-refractivity contribution >= 4 is 11.7 Å². The molecule has 2 amide bonds. The van der Waals surface area contributed by atoms with Crippen molar-refractivity contribution in [2.45, 2.75) is 25.8 Å². The Hall–Kier alpha value is -1.79.